The quantitative estimate of drug-likeness (QED) is 0.307. The molecule has 0 fully saturated rings. The number of hydrogen-bond donors (Lipinski definition) is 5. The molecule has 0 atom stereocenters. The Balaban J connectivity index is 2.09. The molecule has 1 heterocycles. The number of aryl methyl sites for hydroxylation is 2. The number of carboxylic acid groups (broad SMARTS) is 1. The van der Waals surface area contributed by atoms with Gasteiger partial charge in [-0.25, -0.2) is 8.78 Å². The van der Waals surface area contributed by atoms with Crippen LogP contribution in [0.2, 0.25) is 0 Å². The highest BCUT2D eigenvalue weighted by Gasteiger charge is 2.30. The zero-order chi connectivity index (χ0) is 27.4. The molecule has 0 radical (unpaired) electrons. The van der Waals surface area contributed by atoms with Gasteiger partial charge in [-0.1, -0.05) is 24.3 Å². The number of carbonyl (C=O) groups excluding carboxylic acids is 2. The second-order valence-corrected chi connectivity index (χ2v) is 8.26. The van der Waals surface area contributed by atoms with Gasteiger partial charge in [0, 0.05) is 17.7 Å². The normalized spacial score (nSPS) is 10.7. The monoisotopic (exact) mass is 515 g/mol. The molecule has 0 aliphatic carbocycles. The number of halogens is 2. The van der Waals surface area contributed by atoms with E-state index in [1.165, 1.54) is 30.3 Å². The van der Waals surface area contributed by atoms with E-state index in [-0.39, 0.29) is 17.7 Å². The summed E-state index contributed by atoms with van der Waals surface area (Å²) < 4.78 is 29.1. The van der Waals surface area contributed by atoms with Crippen molar-refractivity contribution in [2.75, 3.05) is 6.54 Å². The smallest absolute Gasteiger partial charge is 0.322 e. The predicted octanol–water partition coefficient (Wildman–Crippen LogP) is 1.95. The van der Waals surface area contributed by atoms with Gasteiger partial charge in [-0.3, -0.25) is 23.7 Å². The standard InChI is InChI=1S/C25H23F2N3O7/c1-12-3-5-14(16(26)7-12)9-28-22(34)19-21(33)20(23(35)29-10-18(31)32)25(37)30(24(19)36)11-15-6-4-13(2)8-17(15)27/h3-8,33,36H,9-11H2,1-2H3,(H,28,34)(H,29,35)(H,31,32). The molecule has 0 spiro atoms. The summed E-state index contributed by atoms with van der Waals surface area (Å²) in [7, 11) is 0. The number of rotatable bonds is 8. The number of aromatic nitrogens is 1. The van der Waals surface area contributed by atoms with Crippen LogP contribution in [0.4, 0.5) is 8.78 Å². The van der Waals surface area contributed by atoms with Crippen molar-refractivity contribution in [3.05, 3.63) is 91.8 Å². The van der Waals surface area contributed by atoms with Gasteiger partial charge in [-0.2, -0.15) is 0 Å². The van der Waals surface area contributed by atoms with Gasteiger partial charge in [0.15, 0.2) is 5.75 Å². The number of benzene rings is 2. The number of nitrogens with zero attached hydrogens (tertiary/aromatic N) is 1. The molecule has 194 valence electrons. The molecule has 0 unspecified atom stereocenters. The molecule has 3 aromatic rings. The Morgan fingerprint density at radius 3 is 1.95 bits per heavy atom. The van der Waals surface area contributed by atoms with Crippen LogP contribution >= 0.6 is 0 Å². The summed E-state index contributed by atoms with van der Waals surface area (Å²) in [6.45, 7) is 1.36. The van der Waals surface area contributed by atoms with Crippen molar-refractivity contribution in [2.24, 2.45) is 0 Å². The molecule has 0 aliphatic heterocycles. The predicted molar refractivity (Wildman–Crippen MR) is 127 cm³/mol. The summed E-state index contributed by atoms with van der Waals surface area (Å²) in [6, 6.07) is 8.27. The first-order valence-corrected chi connectivity index (χ1v) is 10.9. The van der Waals surface area contributed by atoms with Crippen LogP contribution < -0.4 is 16.2 Å². The van der Waals surface area contributed by atoms with E-state index in [4.69, 9.17) is 5.11 Å². The molecule has 0 saturated heterocycles. The molecule has 12 heteroatoms. The van der Waals surface area contributed by atoms with E-state index in [2.05, 4.69) is 5.32 Å². The number of aliphatic carboxylic acids is 1. The fourth-order valence-corrected chi connectivity index (χ4v) is 3.51. The Morgan fingerprint density at radius 2 is 1.41 bits per heavy atom. The summed E-state index contributed by atoms with van der Waals surface area (Å²) >= 11 is 0. The lowest BCUT2D eigenvalue weighted by molar-refractivity contribution is -0.135. The van der Waals surface area contributed by atoms with E-state index in [9.17, 15) is 38.2 Å². The largest absolute Gasteiger partial charge is 0.506 e. The van der Waals surface area contributed by atoms with Crippen molar-refractivity contribution in [1.29, 1.82) is 0 Å². The van der Waals surface area contributed by atoms with Gasteiger partial charge in [-0.05, 0) is 37.1 Å². The lowest BCUT2D eigenvalue weighted by Crippen LogP contribution is -2.37. The molecule has 0 saturated carbocycles. The lowest BCUT2D eigenvalue weighted by Gasteiger charge is -2.17. The second-order valence-electron chi connectivity index (χ2n) is 8.26. The fourth-order valence-electron chi connectivity index (χ4n) is 3.51. The zero-order valence-electron chi connectivity index (χ0n) is 19.8. The number of nitrogens with one attached hydrogen (secondary N) is 2. The van der Waals surface area contributed by atoms with Crippen LogP contribution in [0.3, 0.4) is 0 Å². The molecule has 0 bridgehead atoms. The van der Waals surface area contributed by atoms with E-state index >= 15 is 0 Å². The molecule has 2 amide bonds. The molecule has 1 aromatic heterocycles. The highest BCUT2D eigenvalue weighted by molar-refractivity contribution is 6.05. The van der Waals surface area contributed by atoms with E-state index in [1.54, 1.807) is 19.9 Å². The number of hydrogen-bond acceptors (Lipinski definition) is 6. The van der Waals surface area contributed by atoms with Gasteiger partial charge in [0.1, 0.15) is 29.3 Å². The molecule has 3 rings (SSSR count). The summed E-state index contributed by atoms with van der Waals surface area (Å²) in [4.78, 5) is 49.4. The fraction of sp³-hybridized carbons (Fsp3) is 0.200. The van der Waals surface area contributed by atoms with Crippen LogP contribution in [0.5, 0.6) is 11.6 Å². The third kappa shape index (κ3) is 5.92. The number of carbonyl (C=O) groups is 3. The minimum Gasteiger partial charge on any atom is -0.506 e. The zero-order valence-corrected chi connectivity index (χ0v) is 19.8. The van der Waals surface area contributed by atoms with E-state index < -0.39 is 70.8 Å². The minimum absolute atomic E-state index is 0.0763. The van der Waals surface area contributed by atoms with Gasteiger partial charge in [0.2, 0.25) is 5.88 Å². The number of amides is 2. The van der Waals surface area contributed by atoms with Crippen LogP contribution in [-0.4, -0.2) is 44.2 Å². The molecule has 2 aromatic carbocycles. The van der Waals surface area contributed by atoms with Crippen LogP contribution in [0, 0.1) is 25.5 Å². The van der Waals surface area contributed by atoms with E-state index in [1.807, 2.05) is 5.32 Å². The maximum absolute atomic E-state index is 14.5. The average molecular weight is 515 g/mol. The molecule has 37 heavy (non-hydrogen) atoms. The van der Waals surface area contributed by atoms with Gasteiger partial charge in [0.05, 0.1) is 6.54 Å². The van der Waals surface area contributed by atoms with Crippen molar-refractivity contribution in [3.63, 3.8) is 0 Å². The molecule has 5 N–H and O–H groups in total. The third-order valence-electron chi connectivity index (χ3n) is 5.45. The highest BCUT2D eigenvalue weighted by atomic mass is 19.1. The lowest BCUT2D eigenvalue weighted by atomic mass is 10.1. The summed E-state index contributed by atoms with van der Waals surface area (Å²) in [5.41, 5.74) is -2.07. The first kappa shape index (κ1) is 26.9. The van der Waals surface area contributed by atoms with Crippen molar-refractivity contribution < 1.29 is 38.5 Å². The Hall–Kier alpha value is -4.74. The number of pyridine rings is 1. The van der Waals surface area contributed by atoms with Crippen LogP contribution in [0.1, 0.15) is 43.0 Å². The van der Waals surface area contributed by atoms with Gasteiger partial charge in [-0.15, -0.1) is 0 Å². The molecule has 0 aliphatic rings. The Morgan fingerprint density at radius 1 is 0.865 bits per heavy atom. The Labute approximate surface area is 208 Å². The topological polar surface area (TPSA) is 158 Å². The molecule has 10 nitrogen and oxygen atoms in total. The van der Waals surface area contributed by atoms with Crippen molar-refractivity contribution in [1.82, 2.24) is 15.2 Å². The van der Waals surface area contributed by atoms with Gasteiger partial charge < -0.3 is 26.0 Å². The van der Waals surface area contributed by atoms with Crippen molar-refractivity contribution in [2.45, 2.75) is 26.9 Å². The third-order valence-corrected chi connectivity index (χ3v) is 5.45. The first-order chi connectivity index (χ1) is 17.4. The van der Waals surface area contributed by atoms with Crippen LogP contribution in [0.25, 0.3) is 0 Å². The highest BCUT2D eigenvalue weighted by Crippen LogP contribution is 2.29. The van der Waals surface area contributed by atoms with E-state index in [0.29, 0.717) is 15.7 Å². The molecular formula is C25H23F2N3O7. The maximum atomic E-state index is 14.5. The van der Waals surface area contributed by atoms with E-state index in [0.717, 1.165) is 0 Å². The maximum Gasteiger partial charge on any atom is 0.322 e. The average Bonchev–Trinajstić information content (AvgIpc) is 2.81. The SMILES string of the molecule is Cc1ccc(CNC(=O)c2c(O)c(C(=O)NCC(=O)O)c(=O)n(Cc3ccc(C)cc3F)c2O)c(F)c1. The first-order valence-electron chi connectivity index (χ1n) is 10.9. The summed E-state index contributed by atoms with van der Waals surface area (Å²) in [5, 5.41) is 34.4. The molecular weight excluding hydrogens is 492 g/mol. The second kappa shape index (κ2) is 10.9. The van der Waals surface area contributed by atoms with Crippen molar-refractivity contribution in [3.8, 4) is 11.6 Å². The number of aromatic hydroxyl groups is 2. The van der Waals surface area contributed by atoms with Gasteiger partial charge in [0.25, 0.3) is 17.4 Å². The summed E-state index contributed by atoms with van der Waals surface area (Å²) in [5.74, 6) is -7.65. The summed E-state index contributed by atoms with van der Waals surface area (Å²) in [6.07, 6.45) is 0. The Kier molecular flexibility index (Phi) is 7.91. The Bertz CT molecular complexity index is 1470. The van der Waals surface area contributed by atoms with Gasteiger partial charge >= 0.3 is 5.97 Å². The van der Waals surface area contributed by atoms with Crippen LogP contribution in [-0.2, 0) is 17.9 Å². The minimum atomic E-state index is -1.45. The van der Waals surface area contributed by atoms with Crippen molar-refractivity contribution >= 4 is 17.8 Å². The van der Waals surface area contributed by atoms with Crippen LogP contribution in [0.15, 0.2) is 41.2 Å². The number of carboxylic acids is 1.